The van der Waals surface area contributed by atoms with Crippen molar-refractivity contribution < 1.29 is 0 Å². The van der Waals surface area contributed by atoms with Crippen LogP contribution in [0, 0.1) is 6.92 Å². The molecule has 4 heteroatoms. The Balaban J connectivity index is 2.55. The Morgan fingerprint density at radius 1 is 1.47 bits per heavy atom. The van der Waals surface area contributed by atoms with E-state index in [0.717, 1.165) is 17.8 Å². The van der Waals surface area contributed by atoms with E-state index < -0.39 is 0 Å². The van der Waals surface area contributed by atoms with Gasteiger partial charge in [0.15, 0.2) is 0 Å². The van der Waals surface area contributed by atoms with Crippen LogP contribution in [-0.4, -0.2) is 21.6 Å². The molecule has 0 spiro atoms. The number of nitrogens with two attached hydrogens (primary N) is 1. The van der Waals surface area contributed by atoms with E-state index in [1.807, 2.05) is 23.9 Å². The Labute approximate surface area is 93.7 Å². The summed E-state index contributed by atoms with van der Waals surface area (Å²) in [4.78, 5) is 4.36. The molecule has 0 unspecified atom stereocenters. The van der Waals surface area contributed by atoms with Crippen LogP contribution in [0.3, 0.4) is 0 Å². The molecule has 1 aromatic heterocycles. The topological polar surface area (TPSA) is 43.8 Å². The maximum atomic E-state index is 5.91. The Morgan fingerprint density at radius 2 is 2.27 bits per heavy atom. The molecule has 0 bridgehead atoms. The van der Waals surface area contributed by atoms with Gasteiger partial charge in [-0.15, -0.1) is 0 Å². The van der Waals surface area contributed by atoms with E-state index >= 15 is 0 Å². The molecule has 0 amide bonds. The first-order chi connectivity index (χ1) is 7.24. The summed E-state index contributed by atoms with van der Waals surface area (Å²) < 4.78 is 2.10. The average Bonchev–Trinajstić information content (AvgIpc) is 2.53. The third-order valence-electron chi connectivity index (χ3n) is 2.52. The van der Waals surface area contributed by atoms with Crippen LogP contribution in [0.5, 0.6) is 0 Å². The highest BCUT2D eigenvalue weighted by molar-refractivity contribution is 7.98. The Kier molecular flexibility index (Phi) is 2.86. The predicted octanol–water partition coefficient (Wildman–Crippen LogP) is 2.29. The number of anilines is 1. The molecule has 0 atom stereocenters. The van der Waals surface area contributed by atoms with Gasteiger partial charge in [-0.2, -0.15) is 11.8 Å². The van der Waals surface area contributed by atoms with Crippen LogP contribution in [0.2, 0.25) is 0 Å². The number of thioether (sulfide) groups is 1. The van der Waals surface area contributed by atoms with Crippen molar-refractivity contribution in [3.05, 3.63) is 23.8 Å². The summed E-state index contributed by atoms with van der Waals surface area (Å²) in [5.74, 6) is 1.68. The van der Waals surface area contributed by atoms with Crippen molar-refractivity contribution in [3.63, 3.8) is 0 Å². The lowest BCUT2D eigenvalue weighted by molar-refractivity contribution is 0.808. The van der Waals surface area contributed by atoms with Crippen molar-refractivity contribution in [2.45, 2.75) is 13.5 Å². The van der Waals surface area contributed by atoms with Crippen LogP contribution < -0.4 is 5.73 Å². The fourth-order valence-electron chi connectivity index (χ4n) is 1.79. The van der Waals surface area contributed by atoms with Gasteiger partial charge in [0.1, 0.15) is 0 Å². The number of imidazole rings is 1. The van der Waals surface area contributed by atoms with Gasteiger partial charge in [0.05, 0.1) is 11.0 Å². The zero-order valence-corrected chi connectivity index (χ0v) is 9.84. The monoisotopic (exact) mass is 221 g/mol. The molecular weight excluding hydrogens is 206 g/mol. The molecule has 15 heavy (non-hydrogen) atoms. The average molecular weight is 221 g/mol. The lowest BCUT2D eigenvalue weighted by atomic mass is 10.2. The summed E-state index contributed by atoms with van der Waals surface area (Å²) in [5, 5.41) is 0. The van der Waals surface area contributed by atoms with Crippen molar-refractivity contribution in [1.82, 2.24) is 9.55 Å². The third-order valence-corrected chi connectivity index (χ3v) is 3.11. The van der Waals surface area contributed by atoms with Crippen LogP contribution in [0.4, 0.5) is 5.95 Å². The van der Waals surface area contributed by atoms with Gasteiger partial charge < -0.3 is 10.3 Å². The molecule has 2 aromatic rings. The minimum atomic E-state index is 0.619. The van der Waals surface area contributed by atoms with E-state index in [9.17, 15) is 0 Å². The molecule has 80 valence electrons. The zero-order valence-electron chi connectivity index (χ0n) is 9.03. The molecule has 0 aliphatic rings. The van der Waals surface area contributed by atoms with Crippen LogP contribution in [0.15, 0.2) is 18.2 Å². The maximum Gasteiger partial charge on any atom is 0.201 e. The van der Waals surface area contributed by atoms with Crippen LogP contribution in [-0.2, 0) is 6.54 Å². The summed E-state index contributed by atoms with van der Waals surface area (Å²) in [7, 11) is 0. The second kappa shape index (κ2) is 4.14. The standard InChI is InChI=1S/C11H15N3S/c1-8-4-3-5-9-10(8)14(6-7-15-2)11(12)13-9/h3-5H,6-7H2,1-2H3,(H2,12,13). The lowest BCUT2D eigenvalue weighted by Gasteiger charge is -2.06. The molecule has 1 heterocycles. The highest BCUT2D eigenvalue weighted by Crippen LogP contribution is 2.21. The SMILES string of the molecule is CSCCn1c(N)nc2cccc(C)c21. The van der Waals surface area contributed by atoms with Gasteiger partial charge in [0.2, 0.25) is 5.95 Å². The molecule has 0 saturated heterocycles. The molecule has 0 aliphatic carbocycles. The van der Waals surface area contributed by atoms with Crippen molar-refractivity contribution >= 4 is 28.7 Å². The Bertz CT molecular complexity index is 476. The number of aromatic nitrogens is 2. The maximum absolute atomic E-state index is 5.91. The van der Waals surface area contributed by atoms with Crippen molar-refractivity contribution in [2.75, 3.05) is 17.7 Å². The molecular formula is C11H15N3S. The first-order valence-corrected chi connectivity index (χ1v) is 6.33. The van der Waals surface area contributed by atoms with Gasteiger partial charge in [0.25, 0.3) is 0 Å². The summed E-state index contributed by atoms with van der Waals surface area (Å²) in [6.07, 6.45) is 2.10. The van der Waals surface area contributed by atoms with Gasteiger partial charge in [-0.25, -0.2) is 4.98 Å². The smallest absolute Gasteiger partial charge is 0.201 e. The highest BCUT2D eigenvalue weighted by atomic mass is 32.2. The van der Waals surface area contributed by atoms with E-state index in [-0.39, 0.29) is 0 Å². The third kappa shape index (κ3) is 1.81. The van der Waals surface area contributed by atoms with E-state index in [4.69, 9.17) is 5.73 Å². The number of hydrogen-bond acceptors (Lipinski definition) is 3. The number of nitrogens with zero attached hydrogens (tertiary/aromatic N) is 2. The quantitative estimate of drug-likeness (QED) is 0.864. The van der Waals surface area contributed by atoms with Crippen LogP contribution in [0.25, 0.3) is 11.0 Å². The van der Waals surface area contributed by atoms with Crippen molar-refractivity contribution in [2.24, 2.45) is 0 Å². The van der Waals surface area contributed by atoms with E-state index in [1.165, 1.54) is 11.1 Å². The first kappa shape index (κ1) is 10.4. The van der Waals surface area contributed by atoms with Crippen molar-refractivity contribution in [3.8, 4) is 0 Å². The van der Waals surface area contributed by atoms with Gasteiger partial charge in [0, 0.05) is 12.3 Å². The molecule has 3 nitrogen and oxygen atoms in total. The summed E-state index contributed by atoms with van der Waals surface area (Å²) in [6, 6.07) is 6.12. The lowest BCUT2D eigenvalue weighted by Crippen LogP contribution is -2.05. The number of hydrogen-bond donors (Lipinski definition) is 1. The largest absolute Gasteiger partial charge is 0.369 e. The molecule has 1 aromatic carbocycles. The van der Waals surface area contributed by atoms with Gasteiger partial charge in [-0.3, -0.25) is 0 Å². The minimum Gasteiger partial charge on any atom is -0.369 e. The van der Waals surface area contributed by atoms with Crippen LogP contribution >= 0.6 is 11.8 Å². The number of para-hydroxylation sites is 1. The normalized spacial score (nSPS) is 11.1. The van der Waals surface area contributed by atoms with Gasteiger partial charge in [-0.1, -0.05) is 12.1 Å². The molecule has 0 radical (unpaired) electrons. The molecule has 0 saturated carbocycles. The fourth-order valence-corrected chi connectivity index (χ4v) is 2.16. The highest BCUT2D eigenvalue weighted by Gasteiger charge is 2.08. The first-order valence-electron chi connectivity index (χ1n) is 4.94. The number of nitrogen functional groups attached to an aromatic ring is 1. The summed E-state index contributed by atoms with van der Waals surface area (Å²) >= 11 is 1.82. The Morgan fingerprint density at radius 3 is 3.00 bits per heavy atom. The van der Waals surface area contributed by atoms with Gasteiger partial charge >= 0.3 is 0 Å². The fraction of sp³-hybridized carbons (Fsp3) is 0.364. The zero-order chi connectivity index (χ0) is 10.8. The molecule has 2 N–H and O–H groups in total. The van der Waals surface area contributed by atoms with Crippen LogP contribution in [0.1, 0.15) is 5.56 Å². The second-order valence-corrected chi connectivity index (χ2v) is 4.54. The van der Waals surface area contributed by atoms with E-state index in [0.29, 0.717) is 5.95 Å². The number of aryl methyl sites for hydroxylation is 2. The van der Waals surface area contributed by atoms with Gasteiger partial charge in [-0.05, 0) is 24.8 Å². The Hall–Kier alpha value is -1.16. The van der Waals surface area contributed by atoms with E-state index in [2.05, 4.69) is 28.8 Å². The molecule has 2 rings (SSSR count). The number of fused-ring (bicyclic) bond motifs is 1. The van der Waals surface area contributed by atoms with Crippen molar-refractivity contribution in [1.29, 1.82) is 0 Å². The summed E-state index contributed by atoms with van der Waals surface area (Å²) in [5.41, 5.74) is 9.30. The second-order valence-electron chi connectivity index (χ2n) is 3.56. The number of rotatable bonds is 3. The minimum absolute atomic E-state index is 0.619. The molecule has 0 fully saturated rings. The van der Waals surface area contributed by atoms with E-state index in [1.54, 1.807) is 0 Å². The summed E-state index contributed by atoms with van der Waals surface area (Å²) in [6.45, 7) is 3.02. The number of benzene rings is 1. The predicted molar refractivity (Wildman–Crippen MR) is 67.3 cm³/mol. The molecule has 0 aliphatic heterocycles.